The lowest BCUT2D eigenvalue weighted by molar-refractivity contribution is 0.342. The first kappa shape index (κ1) is 12.7. The zero-order valence-corrected chi connectivity index (χ0v) is 11.1. The average molecular weight is 252 g/mol. The van der Waals surface area contributed by atoms with Gasteiger partial charge in [-0.25, -0.2) is 0 Å². The number of rotatable bonds is 8. The molecule has 1 heterocycles. The van der Waals surface area contributed by atoms with E-state index in [1.54, 1.807) is 0 Å². The highest BCUT2D eigenvalue weighted by atomic mass is 32.2. The maximum Gasteiger partial charge on any atom is 0.137 e. The number of hydrogen-bond acceptors (Lipinski definition) is 4. The largest absolute Gasteiger partial charge is 0.491 e. The molecule has 3 nitrogen and oxygen atoms in total. The van der Waals surface area contributed by atoms with Gasteiger partial charge in [0.05, 0.1) is 18.5 Å². The van der Waals surface area contributed by atoms with Gasteiger partial charge in [-0.05, 0) is 30.7 Å². The van der Waals surface area contributed by atoms with Crippen LogP contribution in [0.1, 0.15) is 25.5 Å². The van der Waals surface area contributed by atoms with E-state index in [0.717, 1.165) is 42.1 Å². The molecule has 1 saturated carbocycles. The molecule has 0 unspecified atom stereocenters. The molecule has 1 aliphatic rings. The number of thioether (sulfide) groups is 1. The van der Waals surface area contributed by atoms with Crippen LogP contribution in [0.5, 0.6) is 5.75 Å². The second-order valence-electron chi connectivity index (χ2n) is 4.19. The van der Waals surface area contributed by atoms with E-state index < -0.39 is 0 Å². The lowest BCUT2D eigenvalue weighted by atomic mass is 10.3. The first-order valence-corrected chi connectivity index (χ1v) is 7.43. The summed E-state index contributed by atoms with van der Waals surface area (Å²) in [6.45, 7) is 3.80. The summed E-state index contributed by atoms with van der Waals surface area (Å²) in [5.41, 5.74) is 1.09. The lowest BCUT2D eigenvalue weighted by Crippen LogP contribution is -2.16. The van der Waals surface area contributed by atoms with Crippen LogP contribution in [0.2, 0.25) is 0 Å². The minimum atomic E-state index is 0.735. The highest BCUT2D eigenvalue weighted by molar-refractivity contribution is 7.99. The molecule has 0 radical (unpaired) electrons. The molecular formula is C13H20N2OS. The standard InChI is InChI=1S/C13H20N2OS/c1-2-17-8-7-16-13-6-5-12(15-10-13)9-14-11-3-4-11/h5-6,10-11,14H,2-4,7-9H2,1H3. The third kappa shape index (κ3) is 4.96. The van der Waals surface area contributed by atoms with Gasteiger partial charge in [-0.2, -0.15) is 11.8 Å². The molecule has 17 heavy (non-hydrogen) atoms. The number of pyridine rings is 1. The van der Waals surface area contributed by atoms with Crippen LogP contribution in [-0.4, -0.2) is 29.1 Å². The summed E-state index contributed by atoms with van der Waals surface area (Å²) >= 11 is 1.89. The van der Waals surface area contributed by atoms with E-state index >= 15 is 0 Å². The van der Waals surface area contributed by atoms with Gasteiger partial charge in [-0.3, -0.25) is 4.98 Å². The van der Waals surface area contributed by atoms with Crippen molar-refractivity contribution in [3.8, 4) is 5.75 Å². The van der Waals surface area contributed by atoms with Gasteiger partial charge in [0, 0.05) is 18.3 Å². The quantitative estimate of drug-likeness (QED) is 0.721. The SMILES string of the molecule is CCSCCOc1ccc(CNC2CC2)nc1. The average Bonchev–Trinajstić information content (AvgIpc) is 3.18. The van der Waals surface area contributed by atoms with Gasteiger partial charge >= 0.3 is 0 Å². The third-order valence-electron chi connectivity index (χ3n) is 2.65. The first-order chi connectivity index (χ1) is 8.38. The number of hydrogen-bond donors (Lipinski definition) is 1. The predicted octanol–water partition coefficient (Wildman–Crippen LogP) is 2.47. The van der Waals surface area contributed by atoms with Crippen LogP contribution in [0.4, 0.5) is 0 Å². The predicted molar refractivity (Wildman–Crippen MR) is 72.6 cm³/mol. The second kappa shape index (κ2) is 6.87. The van der Waals surface area contributed by atoms with Crippen LogP contribution in [0, 0.1) is 0 Å². The molecule has 4 heteroatoms. The van der Waals surface area contributed by atoms with E-state index in [9.17, 15) is 0 Å². The van der Waals surface area contributed by atoms with Gasteiger partial charge in [0.1, 0.15) is 5.75 Å². The Morgan fingerprint density at radius 1 is 1.47 bits per heavy atom. The highest BCUT2D eigenvalue weighted by Gasteiger charge is 2.19. The van der Waals surface area contributed by atoms with Crippen molar-refractivity contribution >= 4 is 11.8 Å². The minimum absolute atomic E-state index is 0.735. The maximum atomic E-state index is 5.60. The van der Waals surface area contributed by atoms with Crippen LogP contribution < -0.4 is 10.1 Å². The molecule has 2 rings (SSSR count). The summed E-state index contributed by atoms with van der Waals surface area (Å²) in [6, 6.07) is 4.78. The van der Waals surface area contributed by atoms with Gasteiger partial charge in [0.2, 0.25) is 0 Å². The third-order valence-corrected chi connectivity index (χ3v) is 3.51. The summed E-state index contributed by atoms with van der Waals surface area (Å²) in [4.78, 5) is 4.38. The molecule has 1 aromatic rings. The monoisotopic (exact) mass is 252 g/mol. The molecule has 1 N–H and O–H groups in total. The van der Waals surface area contributed by atoms with Crippen molar-refractivity contribution in [1.82, 2.24) is 10.3 Å². The molecule has 0 amide bonds. The van der Waals surface area contributed by atoms with Crippen LogP contribution in [-0.2, 0) is 6.54 Å². The molecular weight excluding hydrogens is 232 g/mol. The molecule has 0 saturated heterocycles. The zero-order valence-electron chi connectivity index (χ0n) is 10.3. The summed E-state index contributed by atoms with van der Waals surface area (Å²) in [5, 5.41) is 3.45. The summed E-state index contributed by atoms with van der Waals surface area (Å²) in [5.74, 6) is 3.06. The van der Waals surface area contributed by atoms with Crippen LogP contribution in [0.15, 0.2) is 18.3 Å². The Morgan fingerprint density at radius 2 is 2.35 bits per heavy atom. The Morgan fingerprint density at radius 3 is 3.00 bits per heavy atom. The molecule has 1 aliphatic carbocycles. The Labute approximate surface area is 107 Å². The molecule has 0 spiro atoms. The smallest absolute Gasteiger partial charge is 0.137 e. The first-order valence-electron chi connectivity index (χ1n) is 6.27. The van der Waals surface area contributed by atoms with Gasteiger partial charge in [-0.1, -0.05) is 6.92 Å². The van der Waals surface area contributed by atoms with Gasteiger partial charge in [-0.15, -0.1) is 0 Å². The van der Waals surface area contributed by atoms with Crippen LogP contribution in [0.25, 0.3) is 0 Å². The van der Waals surface area contributed by atoms with Crippen molar-refractivity contribution < 1.29 is 4.74 Å². The maximum absolute atomic E-state index is 5.60. The van der Waals surface area contributed by atoms with E-state index in [2.05, 4.69) is 17.2 Å². The van der Waals surface area contributed by atoms with Crippen molar-refractivity contribution in [2.24, 2.45) is 0 Å². The second-order valence-corrected chi connectivity index (χ2v) is 5.58. The zero-order chi connectivity index (χ0) is 11.9. The molecule has 0 atom stereocenters. The van der Waals surface area contributed by atoms with Gasteiger partial charge in [0.25, 0.3) is 0 Å². The number of aromatic nitrogens is 1. The fourth-order valence-corrected chi connectivity index (χ4v) is 1.99. The fourth-order valence-electron chi connectivity index (χ4n) is 1.50. The fraction of sp³-hybridized carbons (Fsp3) is 0.615. The van der Waals surface area contributed by atoms with Gasteiger partial charge in [0.15, 0.2) is 0 Å². The van der Waals surface area contributed by atoms with Crippen molar-refractivity contribution in [3.63, 3.8) is 0 Å². The van der Waals surface area contributed by atoms with Crippen LogP contribution >= 0.6 is 11.8 Å². The number of ether oxygens (including phenoxy) is 1. The van der Waals surface area contributed by atoms with Crippen molar-refractivity contribution in [1.29, 1.82) is 0 Å². The molecule has 0 bridgehead atoms. The Hall–Kier alpha value is -0.740. The lowest BCUT2D eigenvalue weighted by Gasteiger charge is -2.06. The van der Waals surface area contributed by atoms with E-state index in [1.807, 2.05) is 30.1 Å². The number of nitrogens with one attached hydrogen (secondary N) is 1. The van der Waals surface area contributed by atoms with E-state index in [0.29, 0.717) is 0 Å². The molecule has 0 aliphatic heterocycles. The summed E-state index contributed by atoms with van der Waals surface area (Å²) in [6.07, 6.45) is 4.45. The van der Waals surface area contributed by atoms with Crippen molar-refractivity contribution in [3.05, 3.63) is 24.0 Å². The van der Waals surface area contributed by atoms with Crippen molar-refractivity contribution in [2.45, 2.75) is 32.4 Å². The van der Waals surface area contributed by atoms with Crippen LogP contribution in [0.3, 0.4) is 0 Å². The molecule has 1 aromatic heterocycles. The summed E-state index contributed by atoms with van der Waals surface area (Å²) < 4.78 is 5.60. The van der Waals surface area contributed by atoms with E-state index in [4.69, 9.17) is 4.74 Å². The van der Waals surface area contributed by atoms with E-state index in [1.165, 1.54) is 12.8 Å². The van der Waals surface area contributed by atoms with Crippen molar-refractivity contribution in [2.75, 3.05) is 18.1 Å². The van der Waals surface area contributed by atoms with E-state index in [-0.39, 0.29) is 0 Å². The number of nitrogens with zero attached hydrogens (tertiary/aromatic N) is 1. The normalized spacial score (nSPS) is 14.9. The Balaban J connectivity index is 1.68. The Bertz CT molecular complexity index is 325. The molecule has 0 aromatic carbocycles. The summed E-state index contributed by atoms with van der Waals surface area (Å²) in [7, 11) is 0. The minimum Gasteiger partial charge on any atom is -0.491 e. The molecule has 1 fully saturated rings. The van der Waals surface area contributed by atoms with Gasteiger partial charge < -0.3 is 10.1 Å². The topological polar surface area (TPSA) is 34.1 Å². The molecule has 94 valence electrons. The Kier molecular flexibility index (Phi) is 5.13. The highest BCUT2D eigenvalue weighted by Crippen LogP contribution is 2.19.